The summed E-state index contributed by atoms with van der Waals surface area (Å²) in [7, 11) is 1.22. The van der Waals surface area contributed by atoms with Gasteiger partial charge in [0, 0.05) is 5.56 Å². The van der Waals surface area contributed by atoms with Crippen molar-refractivity contribution in [1.29, 1.82) is 0 Å². The molecule has 6 nitrogen and oxygen atoms in total. The van der Waals surface area contributed by atoms with Crippen LogP contribution in [-0.2, 0) is 10.9 Å². The topological polar surface area (TPSA) is 69.4 Å². The van der Waals surface area contributed by atoms with Crippen molar-refractivity contribution in [2.75, 3.05) is 7.11 Å². The second-order valence-corrected chi connectivity index (χ2v) is 5.12. The predicted octanol–water partition coefficient (Wildman–Crippen LogP) is 2.66. The molecule has 0 N–H and O–H groups in total. The monoisotopic (exact) mass is 328 g/mol. The molecule has 3 aromatic rings. The molecule has 0 radical (unpaired) electrons. The number of halogens is 3. The molecule has 0 aliphatic carbocycles. The van der Waals surface area contributed by atoms with Crippen molar-refractivity contribution in [2.24, 2.45) is 0 Å². The fourth-order valence-electron chi connectivity index (χ4n) is 1.86. The van der Waals surface area contributed by atoms with Crippen LogP contribution in [0, 0.1) is 0 Å². The first kappa shape index (κ1) is 14.4. The molecule has 0 saturated heterocycles. The summed E-state index contributed by atoms with van der Waals surface area (Å²) in [6.07, 6.45) is -4.66. The van der Waals surface area contributed by atoms with Crippen LogP contribution in [0.25, 0.3) is 15.5 Å². The van der Waals surface area contributed by atoms with Crippen LogP contribution in [0.1, 0.15) is 16.2 Å². The molecule has 0 unspecified atom stereocenters. The van der Waals surface area contributed by atoms with Crippen molar-refractivity contribution >= 4 is 22.3 Å². The molecule has 3 rings (SSSR count). The van der Waals surface area contributed by atoms with E-state index in [1.54, 1.807) is 18.2 Å². The maximum absolute atomic E-state index is 12.8. The first-order valence-electron chi connectivity index (χ1n) is 5.89. The summed E-state index contributed by atoms with van der Waals surface area (Å²) >= 11 is 0.900. The van der Waals surface area contributed by atoms with Gasteiger partial charge in [-0.2, -0.15) is 22.8 Å². The first-order chi connectivity index (χ1) is 10.4. The Morgan fingerprint density at radius 1 is 1.27 bits per heavy atom. The fourth-order valence-corrected chi connectivity index (χ4v) is 2.74. The Balaban J connectivity index is 2.16. The highest BCUT2D eigenvalue weighted by molar-refractivity contribution is 7.19. The number of esters is 1. The first-order valence-corrected chi connectivity index (χ1v) is 6.70. The van der Waals surface area contributed by atoms with Crippen LogP contribution in [-0.4, -0.2) is 32.9 Å². The van der Waals surface area contributed by atoms with Gasteiger partial charge in [0.2, 0.25) is 4.96 Å². The molecule has 10 heteroatoms. The summed E-state index contributed by atoms with van der Waals surface area (Å²) < 4.78 is 43.7. The zero-order chi connectivity index (χ0) is 15.9. The van der Waals surface area contributed by atoms with E-state index in [1.165, 1.54) is 13.2 Å². The van der Waals surface area contributed by atoms with E-state index in [4.69, 9.17) is 0 Å². The average Bonchev–Trinajstić information content (AvgIpc) is 3.05. The molecule has 0 fully saturated rings. The van der Waals surface area contributed by atoms with E-state index >= 15 is 0 Å². The molecule has 0 spiro atoms. The van der Waals surface area contributed by atoms with Gasteiger partial charge in [-0.3, -0.25) is 0 Å². The third-order valence-electron chi connectivity index (χ3n) is 2.81. The lowest BCUT2D eigenvalue weighted by atomic mass is 10.1. The van der Waals surface area contributed by atoms with Crippen molar-refractivity contribution < 1.29 is 22.7 Å². The number of fused-ring (bicyclic) bond motifs is 1. The summed E-state index contributed by atoms with van der Waals surface area (Å²) in [6.45, 7) is 0. The third kappa shape index (κ3) is 2.30. The molecule has 2 heterocycles. The van der Waals surface area contributed by atoms with Crippen LogP contribution >= 0.6 is 11.3 Å². The molecule has 0 bridgehead atoms. The molecule has 0 atom stereocenters. The van der Waals surface area contributed by atoms with Crippen molar-refractivity contribution in [1.82, 2.24) is 19.8 Å². The van der Waals surface area contributed by atoms with Crippen molar-refractivity contribution in [3.05, 3.63) is 35.7 Å². The molecule has 1 aromatic carbocycles. The minimum absolute atomic E-state index is 0.0120. The number of methoxy groups -OCH3 is 1. The molecule has 0 amide bonds. The Kier molecular flexibility index (Phi) is 3.32. The smallest absolute Gasteiger partial charge is 0.453 e. The van der Waals surface area contributed by atoms with Crippen molar-refractivity contribution in [3.63, 3.8) is 0 Å². The second kappa shape index (κ2) is 5.05. The lowest BCUT2D eigenvalue weighted by Crippen LogP contribution is -2.11. The molecular formula is C12H7F3N4O2S. The lowest BCUT2D eigenvalue weighted by Gasteiger charge is -2.04. The zero-order valence-corrected chi connectivity index (χ0v) is 11.8. The highest BCUT2D eigenvalue weighted by Crippen LogP contribution is 2.32. The number of aromatic nitrogens is 4. The molecule has 22 heavy (non-hydrogen) atoms. The van der Waals surface area contributed by atoms with Gasteiger partial charge < -0.3 is 4.74 Å². The van der Waals surface area contributed by atoms with Crippen LogP contribution < -0.4 is 0 Å². The van der Waals surface area contributed by atoms with Crippen LogP contribution in [0.2, 0.25) is 0 Å². The van der Waals surface area contributed by atoms with E-state index in [2.05, 4.69) is 20.0 Å². The highest BCUT2D eigenvalue weighted by atomic mass is 32.1. The molecule has 114 valence electrons. The summed E-state index contributed by atoms with van der Waals surface area (Å²) in [5.74, 6) is -1.81. The SMILES string of the molecule is COC(=O)c1ccccc1-c1nn2c(C(F)(F)F)nnc2s1. The number of hydrogen-bond acceptors (Lipinski definition) is 6. The maximum Gasteiger partial charge on any atom is 0.453 e. The molecule has 2 aromatic heterocycles. The van der Waals surface area contributed by atoms with Gasteiger partial charge >= 0.3 is 12.1 Å². The fraction of sp³-hybridized carbons (Fsp3) is 0.167. The number of alkyl halides is 3. The number of ether oxygens (including phenoxy) is 1. The van der Waals surface area contributed by atoms with Gasteiger partial charge in [0.05, 0.1) is 12.7 Å². The standard InChI is InChI=1S/C12H7F3N4O2S/c1-21-9(20)7-5-3-2-4-6(7)8-18-19-10(12(13,14)15)16-17-11(19)22-8/h2-5H,1H3. The summed E-state index contributed by atoms with van der Waals surface area (Å²) in [5, 5.41) is 10.6. The van der Waals surface area contributed by atoms with Crippen molar-refractivity contribution in [2.45, 2.75) is 6.18 Å². The molecule has 0 aliphatic rings. The van der Waals surface area contributed by atoms with E-state index < -0.39 is 18.0 Å². The molecule has 0 aliphatic heterocycles. The van der Waals surface area contributed by atoms with Gasteiger partial charge in [-0.15, -0.1) is 10.2 Å². The zero-order valence-electron chi connectivity index (χ0n) is 11.0. The lowest BCUT2D eigenvalue weighted by molar-refractivity contribution is -0.146. The Bertz CT molecular complexity index is 856. The Labute approximate surface area is 125 Å². The van der Waals surface area contributed by atoms with E-state index in [9.17, 15) is 18.0 Å². The highest BCUT2D eigenvalue weighted by Gasteiger charge is 2.38. The third-order valence-corrected chi connectivity index (χ3v) is 3.74. The minimum atomic E-state index is -4.66. The number of rotatable bonds is 2. The van der Waals surface area contributed by atoms with E-state index in [-0.39, 0.29) is 15.5 Å². The van der Waals surface area contributed by atoms with Crippen LogP contribution in [0.15, 0.2) is 24.3 Å². The van der Waals surface area contributed by atoms with Gasteiger partial charge in [0.15, 0.2) is 0 Å². The Morgan fingerprint density at radius 3 is 2.68 bits per heavy atom. The average molecular weight is 328 g/mol. The van der Waals surface area contributed by atoms with Crippen LogP contribution in [0.3, 0.4) is 0 Å². The predicted molar refractivity (Wildman–Crippen MR) is 70.4 cm³/mol. The van der Waals surface area contributed by atoms with Crippen LogP contribution in [0.4, 0.5) is 13.2 Å². The number of nitrogens with zero attached hydrogens (tertiary/aromatic N) is 4. The number of carbonyl (C=O) groups excluding carboxylic acids is 1. The summed E-state index contributed by atoms with van der Waals surface area (Å²) in [5.41, 5.74) is 0.585. The van der Waals surface area contributed by atoms with Gasteiger partial charge in [0.25, 0.3) is 5.82 Å². The van der Waals surface area contributed by atoms with E-state index in [0.717, 1.165) is 11.3 Å². The van der Waals surface area contributed by atoms with E-state index in [0.29, 0.717) is 10.1 Å². The number of hydrogen-bond donors (Lipinski definition) is 0. The summed E-state index contributed by atoms with van der Waals surface area (Å²) in [4.78, 5) is 11.7. The van der Waals surface area contributed by atoms with Gasteiger partial charge in [0.1, 0.15) is 5.01 Å². The van der Waals surface area contributed by atoms with Crippen molar-refractivity contribution in [3.8, 4) is 10.6 Å². The maximum atomic E-state index is 12.8. The molecular weight excluding hydrogens is 321 g/mol. The quantitative estimate of drug-likeness (QED) is 0.677. The normalized spacial score (nSPS) is 11.8. The number of carbonyl (C=O) groups is 1. The largest absolute Gasteiger partial charge is 0.465 e. The summed E-state index contributed by atoms with van der Waals surface area (Å²) in [6, 6.07) is 6.35. The van der Waals surface area contributed by atoms with Gasteiger partial charge in [-0.1, -0.05) is 29.5 Å². The van der Waals surface area contributed by atoms with Crippen LogP contribution in [0.5, 0.6) is 0 Å². The van der Waals surface area contributed by atoms with Gasteiger partial charge in [-0.25, -0.2) is 4.79 Å². The second-order valence-electron chi connectivity index (χ2n) is 4.16. The minimum Gasteiger partial charge on any atom is -0.465 e. The van der Waals surface area contributed by atoms with E-state index in [1.807, 2.05) is 0 Å². The Hall–Kier alpha value is -2.49. The van der Waals surface area contributed by atoms with Gasteiger partial charge in [-0.05, 0) is 6.07 Å². The molecule has 0 saturated carbocycles. The Morgan fingerprint density at radius 2 is 2.00 bits per heavy atom. The number of benzene rings is 1.